The Hall–Kier alpha value is -3.53. The first-order valence-corrected chi connectivity index (χ1v) is 11.8. The average Bonchev–Trinajstić information content (AvgIpc) is 3.33. The molecule has 34 heavy (non-hydrogen) atoms. The molecule has 1 fully saturated rings. The lowest BCUT2D eigenvalue weighted by Crippen LogP contribution is -2.50. The number of pyridine rings is 2. The van der Waals surface area contributed by atoms with E-state index in [-0.39, 0.29) is 11.9 Å². The van der Waals surface area contributed by atoms with Crippen molar-refractivity contribution in [1.82, 2.24) is 29.6 Å². The summed E-state index contributed by atoms with van der Waals surface area (Å²) in [7, 11) is 2.13. The molecule has 3 aromatic heterocycles. The Balaban J connectivity index is 1.49. The van der Waals surface area contributed by atoms with Crippen LogP contribution in [0.1, 0.15) is 43.1 Å². The largest absolute Gasteiger partial charge is 0.477 e. The lowest BCUT2D eigenvalue weighted by molar-refractivity contribution is 0.102. The van der Waals surface area contributed by atoms with E-state index in [1.807, 2.05) is 22.8 Å². The molecule has 1 saturated heterocycles. The SMILES string of the molecule is CC1CN(c2cnc3c(c2)C(=O)Nc2cccc(n2)-c2nncn2[C@@H](C)CCCO3)CCN1C. The van der Waals surface area contributed by atoms with Gasteiger partial charge in [-0.25, -0.2) is 9.97 Å². The van der Waals surface area contributed by atoms with Gasteiger partial charge in [-0.3, -0.25) is 4.79 Å². The smallest absolute Gasteiger partial charge is 0.262 e. The fraction of sp³-hybridized carbons (Fsp3) is 0.458. The number of nitrogens with zero attached hydrogens (tertiary/aromatic N) is 7. The molecule has 0 aliphatic carbocycles. The Morgan fingerprint density at radius 3 is 2.91 bits per heavy atom. The molecule has 2 atom stereocenters. The summed E-state index contributed by atoms with van der Waals surface area (Å²) in [6, 6.07) is 7.96. The van der Waals surface area contributed by atoms with Crippen molar-refractivity contribution in [2.75, 3.05) is 43.5 Å². The van der Waals surface area contributed by atoms with Crippen LogP contribution >= 0.6 is 0 Å². The lowest BCUT2D eigenvalue weighted by Gasteiger charge is -2.39. The zero-order valence-corrected chi connectivity index (χ0v) is 19.8. The van der Waals surface area contributed by atoms with E-state index in [9.17, 15) is 4.79 Å². The number of aromatic nitrogens is 5. The monoisotopic (exact) mass is 462 g/mol. The van der Waals surface area contributed by atoms with E-state index < -0.39 is 0 Å². The number of likely N-dealkylation sites (N-methyl/N-ethyl adjacent to an activating group) is 1. The zero-order valence-electron chi connectivity index (χ0n) is 19.8. The van der Waals surface area contributed by atoms with Crippen molar-refractivity contribution < 1.29 is 9.53 Å². The van der Waals surface area contributed by atoms with Crippen LogP contribution < -0.4 is 15.0 Å². The van der Waals surface area contributed by atoms with Gasteiger partial charge in [0.05, 0.1) is 18.5 Å². The minimum Gasteiger partial charge on any atom is -0.477 e. The van der Waals surface area contributed by atoms with Crippen LogP contribution in [0, 0.1) is 0 Å². The number of fused-ring (bicyclic) bond motifs is 5. The van der Waals surface area contributed by atoms with Crippen LogP contribution in [0.2, 0.25) is 0 Å². The predicted molar refractivity (Wildman–Crippen MR) is 129 cm³/mol. The molecule has 10 nitrogen and oxygen atoms in total. The minimum atomic E-state index is -0.303. The van der Waals surface area contributed by atoms with Gasteiger partial charge in [0.15, 0.2) is 5.82 Å². The second-order valence-corrected chi connectivity index (χ2v) is 9.09. The molecule has 5 heterocycles. The highest BCUT2D eigenvalue weighted by Gasteiger charge is 2.24. The molecule has 5 rings (SSSR count). The number of piperazine rings is 1. The number of rotatable bonds is 1. The van der Waals surface area contributed by atoms with Gasteiger partial charge < -0.3 is 24.4 Å². The van der Waals surface area contributed by atoms with Crippen LogP contribution in [0.3, 0.4) is 0 Å². The lowest BCUT2D eigenvalue weighted by atomic mass is 10.1. The van der Waals surface area contributed by atoms with E-state index in [1.54, 1.807) is 18.6 Å². The van der Waals surface area contributed by atoms with Crippen molar-refractivity contribution in [2.45, 2.75) is 38.8 Å². The first-order chi connectivity index (χ1) is 16.5. The fourth-order valence-electron chi connectivity index (χ4n) is 4.42. The van der Waals surface area contributed by atoms with Gasteiger partial charge in [-0.2, -0.15) is 0 Å². The molecule has 0 saturated carbocycles. The molecular weight excluding hydrogens is 432 g/mol. The number of carbonyl (C=O) groups is 1. The summed E-state index contributed by atoms with van der Waals surface area (Å²) in [6.45, 7) is 7.51. The Bertz CT molecular complexity index is 1180. The van der Waals surface area contributed by atoms with E-state index in [4.69, 9.17) is 4.74 Å². The number of nitrogens with one attached hydrogen (secondary N) is 1. The Kier molecular flexibility index (Phi) is 6.14. The molecule has 2 aliphatic rings. The van der Waals surface area contributed by atoms with E-state index in [0.29, 0.717) is 41.4 Å². The average molecular weight is 463 g/mol. The Morgan fingerprint density at radius 1 is 1.18 bits per heavy atom. The molecular formula is C24H30N8O2. The van der Waals surface area contributed by atoms with Gasteiger partial charge in [0.2, 0.25) is 5.88 Å². The second-order valence-electron chi connectivity index (χ2n) is 9.09. The van der Waals surface area contributed by atoms with Gasteiger partial charge in [0.25, 0.3) is 5.91 Å². The van der Waals surface area contributed by atoms with Crippen molar-refractivity contribution in [3.05, 3.63) is 42.4 Å². The first-order valence-electron chi connectivity index (χ1n) is 11.8. The highest BCUT2D eigenvalue weighted by molar-refractivity contribution is 6.06. The van der Waals surface area contributed by atoms with Crippen LogP contribution in [-0.2, 0) is 0 Å². The molecule has 3 aromatic rings. The summed E-state index contributed by atoms with van der Waals surface area (Å²) in [6.07, 6.45) is 5.19. The summed E-state index contributed by atoms with van der Waals surface area (Å²) < 4.78 is 8.01. The number of carbonyl (C=O) groups excluding carboxylic acids is 1. The second kappa shape index (κ2) is 9.38. The molecule has 1 N–H and O–H groups in total. The van der Waals surface area contributed by atoms with Gasteiger partial charge in [-0.15, -0.1) is 10.2 Å². The van der Waals surface area contributed by atoms with Crippen LogP contribution in [-0.4, -0.2) is 74.9 Å². The third-order valence-electron chi connectivity index (χ3n) is 6.68. The summed E-state index contributed by atoms with van der Waals surface area (Å²) in [4.78, 5) is 27.1. The van der Waals surface area contributed by atoms with Gasteiger partial charge >= 0.3 is 0 Å². The molecule has 1 amide bonds. The molecule has 1 unspecified atom stereocenters. The molecule has 178 valence electrons. The molecule has 2 bridgehead atoms. The predicted octanol–water partition coefficient (Wildman–Crippen LogP) is 2.86. The van der Waals surface area contributed by atoms with Gasteiger partial charge in [-0.1, -0.05) is 6.07 Å². The normalized spacial score (nSPS) is 21.6. The van der Waals surface area contributed by atoms with Crippen LogP contribution in [0.25, 0.3) is 11.5 Å². The van der Waals surface area contributed by atoms with Gasteiger partial charge in [-0.05, 0) is 51.9 Å². The summed E-state index contributed by atoms with van der Waals surface area (Å²) in [5.74, 6) is 1.15. The number of hydrogen-bond acceptors (Lipinski definition) is 8. The zero-order chi connectivity index (χ0) is 23.7. The van der Waals surface area contributed by atoms with E-state index in [0.717, 1.165) is 38.2 Å². The highest BCUT2D eigenvalue weighted by atomic mass is 16.5. The maximum absolute atomic E-state index is 13.3. The van der Waals surface area contributed by atoms with E-state index >= 15 is 0 Å². The third-order valence-corrected chi connectivity index (χ3v) is 6.68. The molecule has 0 radical (unpaired) electrons. The maximum Gasteiger partial charge on any atom is 0.262 e. The summed E-state index contributed by atoms with van der Waals surface area (Å²) >= 11 is 0. The van der Waals surface area contributed by atoms with Crippen LogP contribution in [0.15, 0.2) is 36.8 Å². The molecule has 10 heteroatoms. The number of amides is 1. The number of hydrogen-bond donors (Lipinski definition) is 1. The van der Waals surface area contributed by atoms with Crippen molar-refractivity contribution in [3.63, 3.8) is 0 Å². The van der Waals surface area contributed by atoms with Crippen LogP contribution in [0.4, 0.5) is 11.5 Å². The minimum absolute atomic E-state index is 0.172. The third kappa shape index (κ3) is 4.45. The van der Waals surface area contributed by atoms with Crippen LogP contribution in [0.5, 0.6) is 5.88 Å². The first kappa shape index (κ1) is 22.3. The van der Waals surface area contributed by atoms with E-state index in [1.165, 1.54) is 0 Å². The Labute approximate surface area is 199 Å². The topological polar surface area (TPSA) is 101 Å². The van der Waals surface area contributed by atoms with Crippen molar-refractivity contribution in [2.24, 2.45) is 0 Å². The van der Waals surface area contributed by atoms with Crippen molar-refractivity contribution in [1.29, 1.82) is 0 Å². The number of ether oxygens (including phenoxy) is 1. The van der Waals surface area contributed by atoms with Gasteiger partial charge in [0.1, 0.15) is 23.4 Å². The summed E-state index contributed by atoms with van der Waals surface area (Å²) in [5, 5.41) is 11.3. The Morgan fingerprint density at radius 2 is 2.06 bits per heavy atom. The molecule has 0 spiro atoms. The van der Waals surface area contributed by atoms with Gasteiger partial charge in [0, 0.05) is 31.7 Å². The van der Waals surface area contributed by atoms with Crippen molar-refractivity contribution >= 4 is 17.4 Å². The van der Waals surface area contributed by atoms with E-state index in [2.05, 4.69) is 56.2 Å². The molecule has 0 aromatic carbocycles. The maximum atomic E-state index is 13.3. The number of anilines is 2. The van der Waals surface area contributed by atoms with Crippen molar-refractivity contribution in [3.8, 4) is 17.4 Å². The highest BCUT2D eigenvalue weighted by Crippen LogP contribution is 2.27. The standard InChI is InChI=1S/C24H30N8O2/c1-16-6-5-11-34-24-19(12-18(13-25-24)31-10-9-30(3)17(2)14-31)23(33)28-21-8-4-7-20(27-21)22-29-26-15-32(16)22/h4,7-8,12-13,15-17H,5-6,9-11,14H2,1-3H3,(H,27,28,33)/t16-,17?/m0/s1. The quantitative estimate of drug-likeness (QED) is 0.589. The fourth-order valence-corrected chi connectivity index (χ4v) is 4.42. The molecule has 2 aliphatic heterocycles. The summed E-state index contributed by atoms with van der Waals surface area (Å²) in [5.41, 5.74) is 1.99.